The average molecular weight is 362 g/mol. The smallest absolute Gasteiger partial charge is 0.246 e. The molecular weight excluding hydrogens is 346 g/mol. The maximum absolute atomic E-state index is 12.5. The molecule has 0 bridgehead atoms. The Kier molecular flexibility index (Phi) is 4.03. The molecule has 0 radical (unpaired) electrons. The average Bonchev–Trinajstić information content (AvgIpc) is 2.85. The number of halogens is 1. The third-order valence-electron chi connectivity index (χ3n) is 3.04. The first kappa shape index (κ1) is 15.2. The van der Waals surface area contributed by atoms with E-state index in [4.69, 9.17) is 0 Å². The number of nitrogens with zero attached hydrogens (tertiary/aromatic N) is 5. The van der Waals surface area contributed by atoms with Crippen molar-refractivity contribution in [3.05, 3.63) is 28.3 Å². The summed E-state index contributed by atoms with van der Waals surface area (Å²) in [6, 6.07) is 0. The van der Waals surface area contributed by atoms with Gasteiger partial charge in [-0.15, -0.1) is 0 Å². The van der Waals surface area contributed by atoms with E-state index in [0.717, 1.165) is 10.2 Å². The van der Waals surface area contributed by atoms with Crippen molar-refractivity contribution in [2.45, 2.75) is 18.4 Å². The fourth-order valence-corrected chi connectivity index (χ4v) is 3.71. The maximum Gasteiger partial charge on any atom is 0.246 e. The summed E-state index contributed by atoms with van der Waals surface area (Å²) >= 11 is 3.37. The van der Waals surface area contributed by atoms with Crippen molar-refractivity contribution in [2.75, 3.05) is 7.05 Å². The molecule has 110 valence electrons. The van der Waals surface area contributed by atoms with Gasteiger partial charge in [0.25, 0.3) is 0 Å². The SMILES string of the molecule is Cc1nn(C)cc1S(=O)(=O)N(C)Cc1c(Br)cnn1C. The number of aromatic nitrogens is 4. The lowest BCUT2D eigenvalue weighted by Gasteiger charge is -2.17. The zero-order valence-corrected chi connectivity index (χ0v) is 14.1. The molecule has 2 aromatic heterocycles. The van der Waals surface area contributed by atoms with E-state index in [9.17, 15) is 8.42 Å². The molecule has 0 amide bonds. The van der Waals surface area contributed by atoms with Gasteiger partial charge in [-0.05, 0) is 22.9 Å². The molecule has 0 aromatic carbocycles. The first-order valence-electron chi connectivity index (χ1n) is 5.86. The topological polar surface area (TPSA) is 73.0 Å². The molecule has 0 spiro atoms. The van der Waals surface area contributed by atoms with Crippen LogP contribution >= 0.6 is 15.9 Å². The molecule has 9 heteroatoms. The summed E-state index contributed by atoms with van der Waals surface area (Å²) in [7, 11) is 1.44. The van der Waals surface area contributed by atoms with Crippen LogP contribution < -0.4 is 0 Å². The second-order valence-corrected chi connectivity index (χ2v) is 7.44. The molecule has 0 fully saturated rings. The second-order valence-electron chi connectivity index (χ2n) is 4.58. The Hall–Kier alpha value is -1.19. The minimum Gasteiger partial charge on any atom is -0.274 e. The van der Waals surface area contributed by atoms with Crippen LogP contribution in [0.3, 0.4) is 0 Å². The zero-order valence-electron chi connectivity index (χ0n) is 11.7. The largest absolute Gasteiger partial charge is 0.274 e. The standard InChI is InChI=1S/C11H16BrN5O2S/c1-8-11(7-15(2)14-8)20(18,19)16(3)6-10-9(12)5-13-17(10)4/h5,7H,6H2,1-4H3. The van der Waals surface area contributed by atoms with E-state index in [1.54, 1.807) is 38.9 Å². The van der Waals surface area contributed by atoms with Gasteiger partial charge in [-0.25, -0.2) is 8.42 Å². The first-order valence-corrected chi connectivity index (χ1v) is 8.09. The third kappa shape index (κ3) is 2.65. The summed E-state index contributed by atoms with van der Waals surface area (Å²) in [6.45, 7) is 1.91. The van der Waals surface area contributed by atoms with Crippen LogP contribution in [0.4, 0.5) is 0 Å². The molecule has 0 aliphatic carbocycles. The van der Waals surface area contributed by atoms with Crippen molar-refractivity contribution in [1.82, 2.24) is 23.9 Å². The minimum absolute atomic E-state index is 0.223. The quantitative estimate of drug-likeness (QED) is 0.815. The fourth-order valence-electron chi connectivity index (χ4n) is 1.91. The maximum atomic E-state index is 12.5. The van der Waals surface area contributed by atoms with Gasteiger partial charge >= 0.3 is 0 Å². The van der Waals surface area contributed by atoms with Gasteiger partial charge < -0.3 is 0 Å². The number of aryl methyl sites for hydroxylation is 3. The predicted molar refractivity (Wildman–Crippen MR) is 77.5 cm³/mol. The monoisotopic (exact) mass is 361 g/mol. The Morgan fingerprint density at radius 3 is 2.50 bits per heavy atom. The Labute approximate surface area is 126 Å². The lowest BCUT2D eigenvalue weighted by molar-refractivity contribution is 0.451. The van der Waals surface area contributed by atoms with E-state index < -0.39 is 10.0 Å². The van der Waals surface area contributed by atoms with Gasteiger partial charge in [0.15, 0.2) is 0 Å². The Morgan fingerprint density at radius 2 is 2.05 bits per heavy atom. The van der Waals surface area contributed by atoms with Gasteiger partial charge in [-0.2, -0.15) is 14.5 Å². The molecule has 7 nitrogen and oxygen atoms in total. The lowest BCUT2D eigenvalue weighted by atomic mass is 10.4. The van der Waals surface area contributed by atoms with E-state index in [1.807, 2.05) is 0 Å². The Morgan fingerprint density at radius 1 is 1.40 bits per heavy atom. The highest BCUT2D eigenvalue weighted by atomic mass is 79.9. The number of sulfonamides is 1. The van der Waals surface area contributed by atoms with Crippen LogP contribution in [0.15, 0.2) is 21.8 Å². The van der Waals surface area contributed by atoms with E-state index in [-0.39, 0.29) is 11.4 Å². The highest BCUT2D eigenvalue weighted by molar-refractivity contribution is 9.10. The highest BCUT2D eigenvalue weighted by Gasteiger charge is 2.26. The van der Waals surface area contributed by atoms with Crippen LogP contribution in [0.5, 0.6) is 0 Å². The van der Waals surface area contributed by atoms with Crippen LogP contribution in [-0.2, 0) is 30.7 Å². The molecule has 0 unspecified atom stereocenters. The van der Waals surface area contributed by atoms with Gasteiger partial charge in [0, 0.05) is 27.3 Å². The van der Waals surface area contributed by atoms with Crippen molar-refractivity contribution in [3.8, 4) is 0 Å². The van der Waals surface area contributed by atoms with Crippen LogP contribution in [0.1, 0.15) is 11.4 Å². The van der Waals surface area contributed by atoms with Crippen LogP contribution in [-0.4, -0.2) is 39.3 Å². The zero-order chi connectivity index (χ0) is 15.1. The summed E-state index contributed by atoms with van der Waals surface area (Å²) in [6.07, 6.45) is 3.16. The molecule has 0 saturated carbocycles. The molecule has 0 N–H and O–H groups in total. The fraction of sp³-hybridized carbons (Fsp3) is 0.455. The lowest BCUT2D eigenvalue weighted by Crippen LogP contribution is -2.28. The van der Waals surface area contributed by atoms with Crippen molar-refractivity contribution in [3.63, 3.8) is 0 Å². The summed E-state index contributed by atoms with van der Waals surface area (Å²) in [5.41, 5.74) is 1.28. The molecule has 0 aliphatic rings. The molecular formula is C11H16BrN5O2S. The third-order valence-corrected chi connectivity index (χ3v) is 5.61. The summed E-state index contributed by atoms with van der Waals surface area (Å²) in [5, 5.41) is 8.15. The van der Waals surface area contributed by atoms with Crippen molar-refractivity contribution in [1.29, 1.82) is 0 Å². The van der Waals surface area contributed by atoms with Gasteiger partial charge in [0.1, 0.15) is 4.90 Å². The molecule has 0 atom stereocenters. The summed E-state index contributed by atoms with van der Waals surface area (Å²) in [5.74, 6) is 0. The van der Waals surface area contributed by atoms with E-state index >= 15 is 0 Å². The molecule has 2 heterocycles. The first-order chi connectivity index (χ1) is 9.23. The molecule has 2 rings (SSSR count). The van der Waals surface area contributed by atoms with E-state index in [2.05, 4.69) is 26.1 Å². The number of hydrogen-bond donors (Lipinski definition) is 0. The van der Waals surface area contributed by atoms with Crippen molar-refractivity contribution >= 4 is 26.0 Å². The molecule has 20 heavy (non-hydrogen) atoms. The number of rotatable bonds is 4. The normalized spacial score (nSPS) is 12.3. The van der Waals surface area contributed by atoms with Crippen LogP contribution in [0, 0.1) is 6.92 Å². The molecule has 0 saturated heterocycles. The predicted octanol–water partition coefficient (Wildman–Crippen LogP) is 1.05. The summed E-state index contributed by atoms with van der Waals surface area (Å²) < 4.78 is 30.3. The van der Waals surface area contributed by atoms with Gasteiger partial charge in [-0.1, -0.05) is 0 Å². The highest BCUT2D eigenvalue weighted by Crippen LogP contribution is 2.22. The Balaban J connectivity index is 2.33. The van der Waals surface area contributed by atoms with Gasteiger partial charge in [0.2, 0.25) is 10.0 Å². The minimum atomic E-state index is -3.57. The van der Waals surface area contributed by atoms with Crippen LogP contribution in [0.25, 0.3) is 0 Å². The van der Waals surface area contributed by atoms with Gasteiger partial charge in [0.05, 0.1) is 28.6 Å². The van der Waals surface area contributed by atoms with Gasteiger partial charge in [-0.3, -0.25) is 9.36 Å². The summed E-state index contributed by atoms with van der Waals surface area (Å²) in [4.78, 5) is 0.223. The Bertz CT molecular complexity index is 715. The van der Waals surface area contributed by atoms with Crippen LogP contribution in [0.2, 0.25) is 0 Å². The molecule has 0 aliphatic heterocycles. The van der Waals surface area contributed by atoms with Crippen molar-refractivity contribution in [2.24, 2.45) is 14.1 Å². The van der Waals surface area contributed by atoms with E-state index in [0.29, 0.717) is 5.69 Å². The van der Waals surface area contributed by atoms with Crippen molar-refractivity contribution < 1.29 is 8.42 Å². The second kappa shape index (κ2) is 5.30. The number of hydrogen-bond acceptors (Lipinski definition) is 4. The van der Waals surface area contributed by atoms with E-state index in [1.165, 1.54) is 15.2 Å². The molecule has 2 aromatic rings.